The Labute approximate surface area is 192 Å². The molecule has 0 saturated carbocycles. The van der Waals surface area contributed by atoms with Crippen molar-refractivity contribution in [2.24, 2.45) is 0 Å². The Balaban J connectivity index is 1.67. The van der Waals surface area contributed by atoms with Crippen LogP contribution in [0.1, 0.15) is 11.1 Å². The van der Waals surface area contributed by atoms with Gasteiger partial charge in [0.1, 0.15) is 29.5 Å². The number of halogens is 2. The molecule has 0 aliphatic carbocycles. The second kappa shape index (κ2) is 9.13. The maximum absolute atomic E-state index is 13.4. The summed E-state index contributed by atoms with van der Waals surface area (Å²) >= 11 is 6.10. The number of barbiturate groups is 1. The lowest BCUT2D eigenvalue weighted by Gasteiger charge is -2.26. The Morgan fingerprint density at radius 2 is 1.79 bits per heavy atom. The zero-order chi connectivity index (χ0) is 23.5. The third kappa shape index (κ3) is 4.86. The van der Waals surface area contributed by atoms with Gasteiger partial charge in [-0.25, -0.2) is 14.1 Å². The summed E-state index contributed by atoms with van der Waals surface area (Å²) in [6, 6.07) is 15.0. The van der Waals surface area contributed by atoms with E-state index in [1.807, 2.05) is 0 Å². The van der Waals surface area contributed by atoms with Gasteiger partial charge in [-0.2, -0.15) is 0 Å². The third-order valence-electron chi connectivity index (χ3n) is 4.76. The van der Waals surface area contributed by atoms with Gasteiger partial charge in [0.05, 0.1) is 5.69 Å². The minimum atomic E-state index is -0.915. The van der Waals surface area contributed by atoms with E-state index in [1.165, 1.54) is 48.5 Å². The van der Waals surface area contributed by atoms with Crippen LogP contribution < -0.4 is 15.0 Å². The van der Waals surface area contributed by atoms with Crippen molar-refractivity contribution in [2.45, 2.75) is 6.61 Å². The van der Waals surface area contributed by atoms with E-state index >= 15 is 0 Å². The molecule has 7 nitrogen and oxygen atoms in total. The summed E-state index contributed by atoms with van der Waals surface area (Å²) in [7, 11) is 0. The molecule has 3 aromatic carbocycles. The first-order valence-electron chi connectivity index (χ1n) is 9.69. The van der Waals surface area contributed by atoms with Crippen molar-refractivity contribution in [3.63, 3.8) is 0 Å². The highest BCUT2D eigenvalue weighted by molar-refractivity contribution is 6.39. The van der Waals surface area contributed by atoms with Gasteiger partial charge in [-0.1, -0.05) is 23.7 Å². The summed E-state index contributed by atoms with van der Waals surface area (Å²) in [6.45, 7) is 0.0355. The highest BCUT2D eigenvalue weighted by atomic mass is 35.5. The number of anilines is 1. The van der Waals surface area contributed by atoms with Crippen LogP contribution in [0.2, 0.25) is 5.02 Å². The number of nitrogens with one attached hydrogen (secondary N) is 1. The Hall–Kier alpha value is -4.17. The number of carbonyl (C=O) groups is 3. The zero-order valence-corrected chi connectivity index (χ0v) is 17.7. The number of amides is 4. The average Bonchev–Trinajstić information content (AvgIpc) is 2.77. The van der Waals surface area contributed by atoms with E-state index in [0.717, 1.165) is 4.90 Å². The Kier molecular flexibility index (Phi) is 6.10. The lowest BCUT2D eigenvalue weighted by atomic mass is 10.1. The third-order valence-corrected chi connectivity index (χ3v) is 5.00. The number of phenols is 1. The van der Waals surface area contributed by atoms with Crippen molar-refractivity contribution < 1.29 is 28.6 Å². The van der Waals surface area contributed by atoms with Crippen LogP contribution >= 0.6 is 11.6 Å². The summed E-state index contributed by atoms with van der Waals surface area (Å²) in [5.41, 5.74) is 0.750. The quantitative estimate of drug-likeness (QED) is 0.428. The SMILES string of the molecule is O=C1NC(=O)N(c2ccc(O)cc2)C(=O)/C1=C\c1cc(Cl)ccc1OCc1cccc(F)c1. The van der Waals surface area contributed by atoms with Gasteiger partial charge in [-0.15, -0.1) is 0 Å². The van der Waals surface area contributed by atoms with Crippen molar-refractivity contribution in [2.75, 3.05) is 4.90 Å². The van der Waals surface area contributed by atoms with Crippen molar-refractivity contribution in [3.05, 3.63) is 94.3 Å². The van der Waals surface area contributed by atoms with Gasteiger partial charge < -0.3 is 9.84 Å². The molecular formula is C24H16ClFN2O5. The lowest BCUT2D eigenvalue weighted by Crippen LogP contribution is -2.54. The highest BCUT2D eigenvalue weighted by Crippen LogP contribution is 2.29. The second-order valence-electron chi connectivity index (χ2n) is 7.07. The van der Waals surface area contributed by atoms with Gasteiger partial charge in [0.15, 0.2) is 0 Å². The first kappa shape index (κ1) is 22.0. The van der Waals surface area contributed by atoms with Gasteiger partial charge in [0.25, 0.3) is 11.8 Å². The molecule has 1 heterocycles. The number of hydrogen-bond acceptors (Lipinski definition) is 5. The van der Waals surface area contributed by atoms with Crippen LogP contribution in [-0.4, -0.2) is 23.0 Å². The molecule has 4 amide bonds. The fourth-order valence-corrected chi connectivity index (χ4v) is 3.38. The van der Waals surface area contributed by atoms with E-state index in [0.29, 0.717) is 21.9 Å². The van der Waals surface area contributed by atoms with E-state index in [4.69, 9.17) is 16.3 Å². The average molecular weight is 467 g/mol. The van der Waals surface area contributed by atoms with Crippen LogP contribution in [-0.2, 0) is 16.2 Å². The molecule has 9 heteroatoms. The van der Waals surface area contributed by atoms with Crippen LogP contribution in [0.3, 0.4) is 0 Å². The standard InChI is InChI=1S/C24H16ClFN2O5/c25-16-4-9-21(33-13-14-2-1-3-17(26)10-14)15(11-16)12-20-22(30)27-24(32)28(23(20)31)18-5-7-19(29)8-6-18/h1-12,29H,13H2,(H,27,30,32)/b20-12-. The molecule has 1 fully saturated rings. The number of carbonyl (C=O) groups excluding carboxylic acids is 3. The summed E-state index contributed by atoms with van der Waals surface area (Å²) in [5, 5.41) is 11.9. The molecule has 0 radical (unpaired) electrons. The normalized spacial score (nSPS) is 15.0. The predicted octanol–water partition coefficient (Wildman–Crippen LogP) is 4.43. The van der Waals surface area contributed by atoms with Crippen LogP contribution in [0.15, 0.2) is 72.3 Å². The van der Waals surface area contributed by atoms with Gasteiger partial charge in [0.2, 0.25) is 0 Å². The zero-order valence-electron chi connectivity index (χ0n) is 16.9. The first-order chi connectivity index (χ1) is 15.8. The van der Waals surface area contributed by atoms with Crippen molar-refractivity contribution in [1.82, 2.24) is 5.32 Å². The number of ether oxygens (including phenoxy) is 1. The van der Waals surface area contributed by atoms with E-state index in [9.17, 15) is 23.9 Å². The Bertz CT molecular complexity index is 1290. The molecule has 1 aliphatic rings. The van der Waals surface area contributed by atoms with E-state index in [2.05, 4.69) is 5.32 Å². The predicted molar refractivity (Wildman–Crippen MR) is 119 cm³/mol. The molecule has 0 spiro atoms. The number of imide groups is 2. The molecule has 166 valence electrons. The fourth-order valence-electron chi connectivity index (χ4n) is 3.20. The molecule has 0 bridgehead atoms. The number of rotatable bonds is 5. The van der Waals surface area contributed by atoms with E-state index < -0.39 is 23.7 Å². The van der Waals surface area contributed by atoms with Gasteiger partial charge in [-0.3, -0.25) is 14.9 Å². The monoisotopic (exact) mass is 466 g/mol. The fraction of sp³-hybridized carbons (Fsp3) is 0.0417. The maximum Gasteiger partial charge on any atom is 0.335 e. The van der Waals surface area contributed by atoms with Crippen LogP contribution in [0, 0.1) is 5.82 Å². The molecule has 0 aromatic heterocycles. The Morgan fingerprint density at radius 1 is 1.03 bits per heavy atom. The number of nitrogens with zero attached hydrogens (tertiary/aromatic N) is 1. The lowest BCUT2D eigenvalue weighted by molar-refractivity contribution is -0.122. The maximum atomic E-state index is 13.4. The topological polar surface area (TPSA) is 95.9 Å². The highest BCUT2D eigenvalue weighted by Gasteiger charge is 2.37. The molecular weight excluding hydrogens is 451 g/mol. The summed E-state index contributed by atoms with van der Waals surface area (Å²) in [4.78, 5) is 38.6. The van der Waals surface area contributed by atoms with Crippen LogP contribution in [0.25, 0.3) is 6.08 Å². The molecule has 3 aromatic rings. The molecule has 0 unspecified atom stereocenters. The number of hydrogen-bond donors (Lipinski definition) is 2. The molecule has 4 rings (SSSR count). The molecule has 0 atom stereocenters. The molecule has 2 N–H and O–H groups in total. The Morgan fingerprint density at radius 3 is 2.52 bits per heavy atom. The smallest absolute Gasteiger partial charge is 0.335 e. The minimum absolute atomic E-state index is 0.0355. The second-order valence-corrected chi connectivity index (χ2v) is 7.51. The largest absolute Gasteiger partial charge is 0.508 e. The number of aromatic hydroxyl groups is 1. The molecule has 1 saturated heterocycles. The van der Waals surface area contributed by atoms with Crippen LogP contribution in [0.5, 0.6) is 11.5 Å². The van der Waals surface area contributed by atoms with Gasteiger partial charge in [-0.05, 0) is 66.2 Å². The molecule has 33 heavy (non-hydrogen) atoms. The number of phenolic OH excluding ortho intramolecular Hbond substituents is 1. The van der Waals surface area contributed by atoms with Gasteiger partial charge >= 0.3 is 6.03 Å². The number of benzene rings is 3. The summed E-state index contributed by atoms with van der Waals surface area (Å²) < 4.78 is 19.2. The number of urea groups is 1. The molecule has 1 aliphatic heterocycles. The van der Waals surface area contributed by atoms with Crippen molar-refractivity contribution in [1.29, 1.82) is 0 Å². The minimum Gasteiger partial charge on any atom is -0.508 e. The van der Waals surface area contributed by atoms with Crippen LogP contribution in [0.4, 0.5) is 14.9 Å². The van der Waals surface area contributed by atoms with Crippen molar-refractivity contribution in [3.8, 4) is 11.5 Å². The van der Waals surface area contributed by atoms with Crippen molar-refractivity contribution >= 4 is 41.2 Å². The van der Waals surface area contributed by atoms with Gasteiger partial charge in [0, 0.05) is 10.6 Å². The van der Waals surface area contributed by atoms with E-state index in [1.54, 1.807) is 24.3 Å². The van der Waals surface area contributed by atoms with E-state index in [-0.39, 0.29) is 23.6 Å². The summed E-state index contributed by atoms with van der Waals surface area (Å²) in [5.74, 6) is -1.89. The summed E-state index contributed by atoms with van der Waals surface area (Å²) in [6.07, 6.45) is 1.27. The first-order valence-corrected chi connectivity index (χ1v) is 10.1.